The summed E-state index contributed by atoms with van der Waals surface area (Å²) in [5.74, 6) is -0.303. The van der Waals surface area contributed by atoms with Gasteiger partial charge in [-0.25, -0.2) is 0 Å². The third-order valence-corrected chi connectivity index (χ3v) is 3.69. The van der Waals surface area contributed by atoms with Crippen molar-refractivity contribution in [2.24, 2.45) is 5.92 Å². The lowest BCUT2D eigenvalue weighted by Crippen LogP contribution is -2.45. The van der Waals surface area contributed by atoms with E-state index >= 15 is 0 Å². The summed E-state index contributed by atoms with van der Waals surface area (Å²) in [5, 5.41) is 12.0. The van der Waals surface area contributed by atoms with Gasteiger partial charge >= 0.3 is 5.97 Å². The van der Waals surface area contributed by atoms with Gasteiger partial charge in [-0.15, -0.1) is 0 Å². The van der Waals surface area contributed by atoms with E-state index in [4.69, 9.17) is 4.42 Å². The fraction of sp³-hybridized carbons (Fsp3) is 0.571. The molecule has 0 saturated heterocycles. The fourth-order valence-electron chi connectivity index (χ4n) is 2.70. The van der Waals surface area contributed by atoms with E-state index in [-0.39, 0.29) is 11.9 Å². The highest BCUT2D eigenvalue weighted by Crippen LogP contribution is 2.25. The number of carbonyl (C=O) groups is 2. The van der Waals surface area contributed by atoms with Gasteiger partial charge in [0.1, 0.15) is 11.5 Å². The van der Waals surface area contributed by atoms with Gasteiger partial charge in [-0.2, -0.15) is 0 Å². The van der Waals surface area contributed by atoms with E-state index in [1.54, 1.807) is 19.9 Å². The molecule has 0 bridgehead atoms. The maximum Gasteiger partial charge on any atom is 0.308 e. The van der Waals surface area contributed by atoms with Crippen LogP contribution in [0, 0.1) is 19.8 Å². The molecular weight excluding hydrogens is 246 g/mol. The van der Waals surface area contributed by atoms with Crippen LogP contribution in [0.1, 0.15) is 47.6 Å². The smallest absolute Gasteiger partial charge is 0.308 e. The lowest BCUT2D eigenvalue weighted by atomic mass is 9.84. The topological polar surface area (TPSA) is 79.5 Å². The predicted molar refractivity (Wildman–Crippen MR) is 69.0 cm³/mol. The van der Waals surface area contributed by atoms with Crippen molar-refractivity contribution in [2.75, 3.05) is 0 Å². The molecule has 2 unspecified atom stereocenters. The zero-order valence-electron chi connectivity index (χ0n) is 11.2. The molecule has 1 saturated carbocycles. The average Bonchev–Trinajstić information content (AvgIpc) is 2.69. The van der Waals surface area contributed by atoms with Gasteiger partial charge in [0.25, 0.3) is 5.91 Å². The number of nitrogens with one attached hydrogen (secondary N) is 1. The second-order valence-corrected chi connectivity index (χ2v) is 5.14. The Hall–Kier alpha value is -1.78. The molecule has 2 atom stereocenters. The van der Waals surface area contributed by atoms with Crippen molar-refractivity contribution >= 4 is 11.9 Å². The monoisotopic (exact) mass is 265 g/mol. The highest BCUT2D eigenvalue weighted by atomic mass is 16.4. The zero-order chi connectivity index (χ0) is 14.0. The van der Waals surface area contributed by atoms with Crippen molar-refractivity contribution in [2.45, 2.75) is 45.6 Å². The van der Waals surface area contributed by atoms with Crippen LogP contribution in [-0.2, 0) is 4.79 Å². The number of aryl methyl sites for hydroxylation is 2. The Bertz CT molecular complexity index is 492. The molecule has 1 amide bonds. The van der Waals surface area contributed by atoms with Crippen LogP contribution in [0.3, 0.4) is 0 Å². The number of hydrogen-bond donors (Lipinski definition) is 2. The molecule has 0 radical (unpaired) electrons. The molecule has 5 nitrogen and oxygen atoms in total. The van der Waals surface area contributed by atoms with Crippen molar-refractivity contribution in [3.05, 3.63) is 23.2 Å². The first-order valence-electron chi connectivity index (χ1n) is 6.59. The number of furan rings is 1. The minimum atomic E-state index is -0.829. The fourth-order valence-corrected chi connectivity index (χ4v) is 2.70. The average molecular weight is 265 g/mol. The first-order valence-corrected chi connectivity index (χ1v) is 6.59. The SMILES string of the molecule is Cc1cc(C(=O)NC2CCCCC2C(=O)O)c(C)o1. The number of hydrogen-bond acceptors (Lipinski definition) is 3. The van der Waals surface area contributed by atoms with E-state index in [1.807, 2.05) is 0 Å². The molecule has 1 aliphatic rings. The molecule has 5 heteroatoms. The molecule has 1 heterocycles. The molecule has 1 aromatic heterocycles. The maximum atomic E-state index is 12.2. The standard InChI is InChI=1S/C14H19NO4/c1-8-7-11(9(2)19-8)13(16)15-12-6-4-3-5-10(12)14(17)18/h7,10,12H,3-6H2,1-2H3,(H,15,16)(H,17,18). The summed E-state index contributed by atoms with van der Waals surface area (Å²) in [6.45, 7) is 3.52. The van der Waals surface area contributed by atoms with E-state index in [0.29, 0.717) is 23.5 Å². The van der Waals surface area contributed by atoms with Gasteiger partial charge in [-0.05, 0) is 32.8 Å². The molecule has 1 aromatic rings. The molecule has 19 heavy (non-hydrogen) atoms. The van der Waals surface area contributed by atoms with Crippen LogP contribution in [0.25, 0.3) is 0 Å². The number of aliphatic carboxylic acids is 1. The summed E-state index contributed by atoms with van der Waals surface area (Å²) < 4.78 is 5.32. The second-order valence-electron chi connectivity index (χ2n) is 5.14. The Morgan fingerprint density at radius 3 is 2.58 bits per heavy atom. The van der Waals surface area contributed by atoms with Crippen molar-refractivity contribution in [1.82, 2.24) is 5.32 Å². The Morgan fingerprint density at radius 2 is 2.00 bits per heavy atom. The van der Waals surface area contributed by atoms with Crippen LogP contribution < -0.4 is 5.32 Å². The zero-order valence-corrected chi connectivity index (χ0v) is 11.2. The molecule has 104 valence electrons. The quantitative estimate of drug-likeness (QED) is 0.878. The van der Waals surface area contributed by atoms with Crippen LogP contribution >= 0.6 is 0 Å². The Kier molecular flexibility index (Phi) is 3.93. The first-order chi connectivity index (χ1) is 8.99. The number of rotatable bonds is 3. The highest BCUT2D eigenvalue weighted by molar-refractivity contribution is 5.95. The van der Waals surface area contributed by atoms with Crippen LogP contribution in [-0.4, -0.2) is 23.0 Å². The van der Waals surface area contributed by atoms with E-state index in [0.717, 1.165) is 19.3 Å². The summed E-state index contributed by atoms with van der Waals surface area (Å²) in [6.07, 6.45) is 3.22. The Morgan fingerprint density at radius 1 is 1.32 bits per heavy atom. The van der Waals surface area contributed by atoms with Gasteiger partial charge in [0.2, 0.25) is 0 Å². The lowest BCUT2D eigenvalue weighted by Gasteiger charge is -2.29. The molecule has 0 spiro atoms. The van der Waals surface area contributed by atoms with Crippen LogP contribution in [0.4, 0.5) is 0 Å². The predicted octanol–water partition coefficient (Wildman–Crippen LogP) is 2.27. The Labute approximate surface area is 112 Å². The molecule has 2 rings (SSSR count). The molecular formula is C14H19NO4. The third kappa shape index (κ3) is 2.97. The first kappa shape index (κ1) is 13.6. The minimum absolute atomic E-state index is 0.243. The van der Waals surface area contributed by atoms with Gasteiger partial charge in [-0.1, -0.05) is 12.8 Å². The number of amides is 1. The molecule has 0 aliphatic heterocycles. The summed E-state index contributed by atoms with van der Waals surface area (Å²) in [4.78, 5) is 23.3. The van der Waals surface area contributed by atoms with Crippen LogP contribution in [0.5, 0.6) is 0 Å². The normalized spacial score (nSPS) is 23.1. The number of carbonyl (C=O) groups excluding carboxylic acids is 1. The van der Waals surface area contributed by atoms with Gasteiger partial charge in [0.15, 0.2) is 0 Å². The highest BCUT2D eigenvalue weighted by Gasteiger charge is 2.32. The Balaban J connectivity index is 2.09. The summed E-state index contributed by atoms with van der Waals surface area (Å²) in [5.41, 5.74) is 0.493. The molecule has 2 N–H and O–H groups in total. The second kappa shape index (κ2) is 5.47. The van der Waals surface area contributed by atoms with Crippen LogP contribution in [0.15, 0.2) is 10.5 Å². The molecule has 0 aromatic carbocycles. The van der Waals surface area contributed by atoms with Gasteiger partial charge < -0.3 is 14.8 Å². The van der Waals surface area contributed by atoms with E-state index in [9.17, 15) is 14.7 Å². The summed E-state index contributed by atoms with van der Waals surface area (Å²) in [7, 11) is 0. The molecule has 1 fully saturated rings. The summed E-state index contributed by atoms with van der Waals surface area (Å²) >= 11 is 0. The van der Waals surface area contributed by atoms with Gasteiger partial charge in [0.05, 0.1) is 11.5 Å². The minimum Gasteiger partial charge on any atom is -0.481 e. The van der Waals surface area contributed by atoms with E-state index < -0.39 is 11.9 Å². The van der Waals surface area contributed by atoms with E-state index in [1.165, 1.54) is 0 Å². The number of carboxylic acid groups (broad SMARTS) is 1. The van der Waals surface area contributed by atoms with Crippen molar-refractivity contribution < 1.29 is 19.1 Å². The lowest BCUT2D eigenvalue weighted by molar-refractivity contribution is -0.143. The van der Waals surface area contributed by atoms with Crippen LogP contribution in [0.2, 0.25) is 0 Å². The number of carboxylic acids is 1. The van der Waals surface area contributed by atoms with Gasteiger partial charge in [0, 0.05) is 6.04 Å². The summed E-state index contributed by atoms with van der Waals surface area (Å²) in [6, 6.07) is 1.40. The largest absolute Gasteiger partial charge is 0.481 e. The van der Waals surface area contributed by atoms with Crippen molar-refractivity contribution in [1.29, 1.82) is 0 Å². The van der Waals surface area contributed by atoms with Crippen molar-refractivity contribution in [3.63, 3.8) is 0 Å². The van der Waals surface area contributed by atoms with Crippen molar-refractivity contribution in [3.8, 4) is 0 Å². The molecule has 1 aliphatic carbocycles. The maximum absolute atomic E-state index is 12.2. The third-order valence-electron chi connectivity index (χ3n) is 3.69. The van der Waals surface area contributed by atoms with Gasteiger partial charge in [-0.3, -0.25) is 9.59 Å². The van der Waals surface area contributed by atoms with E-state index in [2.05, 4.69) is 5.32 Å².